The third kappa shape index (κ3) is 17.6. The Labute approximate surface area is 321 Å². The normalized spacial score (nSPS) is 16.7. The first-order valence-electron chi connectivity index (χ1n) is 18.7. The first-order chi connectivity index (χ1) is 26.2. The molecule has 17 heteroatoms. The number of carbonyl (C=O) groups is 2. The quantitative estimate of drug-likeness (QED) is 0.0403. The first kappa shape index (κ1) is 47.9. The molecule has 0 saturated heterocycles. The van der Waals surface area contributed by atoms with E-state index in [2.05, 4.69) is 59.2 Å². The van der Waals surface area contributed by atoms with Crippen molar-refractivity contribution in [3.63, 3.8) is 0 Å². The number of aliphatic hydroxyl groups is 10. The van der Waals surface area contributed by atoms with Crippen molar-refractivity contribution in [2.24, 2.45) is 5.73 Å². The van der Waals surface area contributed by atoms with Crippen LogP contribution in [0.4, 0.5) is 4.79 Å². The summed E-state index contributed by atoms with van der Waals surface area (Å²) in [6, 6.07) is 15.7. The lowest BCUT2D eigenvalue weighted by Gasteiger charge is -2.33. The number of unbranched alkanes of at least 4 members (excludes halogenated alkanes) is 2. The Bertz CT molecular complexity index is 1330. The van der Waals surface area contributed by atoms with Gasteiger partial charge in [0.2, 0.25) is 5.91 Å². The van der Waals surface area contributed by atoms with Crippen LogP contribution in [-0.2, 0) is 17.6 Å². The molecule has 0 aliphatic rings. The van der Waals surface area contributed by atoms with E-state index in [0.717, 1.165) is 42.4 Å². The van der Waals surface area contributed by atoms with Crippen molar-refractivity contribution in [2.45, 2.75) is 106 Å². The minimum Gasteiger partial charge on any atom is -0.465 e. The number of nitrogens with two attached hydrogens (primary N) is 1. The Balaban J connectivity index is 1.78. The van der Waals surface area contributed by atoms with Crippen LogP contribution >= 0.6 is 0 Å². The molecule has 2 rings (SSSR count). The molecule has 0 spiro atoms. The van der Waals surface area contributed by atoms with Crippen LogP contribution in [0.25, 0.3) is 11.1 Å². The molecule has 55 heavy (non-hydrogen) atoms. The van der Waals surface area contributed by atoms with Gasteiger partial charge in [-0.2, -0.15) is 0 Å². The van der Waals surface area contributed by atoms with Gasteiger partial charge in [0.05, 0.1) is 31.5 Å². The highest BCUT2D eigenvalue weighted by molar-refractivity contribution is 5.81. The molecule has 0 bridgehead atoms. The van der Waals surface area contributed by atoms with Gasteiger partial charge >= 0.3 is 6.09 Å². The second-order valence-electron chi connectivity index (χ2n) is 13.9. The molecule has 0 aliphatic heterocycles. The zero-order chi connectivity index (χ0) is 40.9. The molecular formula is C38H62N4O13. The van der Waals surface area contributed by atoms with Gasteiger partial charge in [-0.1, -0.05) is 55.0 Å². The van der Waals surface area contributed by atoms with Gasteiger partial charge in [-0.25, -0.2) is 4.79 Å². The van der Waals surface area contributed by atoms with E-state index in [-0.39, 0.29) is 25.5 Å². The second-order valence-corrected chi connectivity index (χ2v) is 13.9. The molecule has 0 aliphatic carbocycles. The number of nitrogens with one attached hydrogen (secondary N) is 2. The maximum Gasteiger partial charge on any atom is 0.404 e. The average Bonchev–Trinajstić information content (AvgIpc) is 3.19. The fourth-order valence-corrected chi connectivity index (χ4v) is 5.97. The van der Waals surface area contributed by atoms with Gasteiger partial charge in [0.1, 0.15) is 36.6 Å². The van der Waals surface area contributed by atoms with Crippen LogP contribution in [0.15, 0.2) is 48.5 Å². The predicted octanol–water partition coefficient (Wildman–Crippen LogP) is -2.34. The van der Waals surface area contributed by atoms with E-state index in [1.165, 1.54) is 10.5 Å². The van der Waals surface area contributed by atoms with E-state index >= 15 is 0 Å². The summed E-state index contributed by atoms with van der Waals surface area (Å²) < 4.78 is 0. The minimum atomic E-state index is -1.88. The molecule has 0 radical (unpaired) electrons. The van der Waals surface area contributed by atoms with E-state index in [0.29, 0.717) is 38.8 Å². The lowest BCUT2D eigenvalue weighted by Crippen LogP contribution is -2.53. The van der Waals surface area contributed by atoms with Crippen molar-refractivity contribution in [2.75, 3.05) is 45.9 Å². The molecule has 17 nitrogen and oxygen atoms in total. The van der Waals surface area contributed by atoms with Crippen LogP contribution < -0.4 is 16.4 Å². The molecular weight excluding hydrogens is 720 g/mol. The third-order valence-corrected chi connectivity index (χ3v) is 9.47. The number of aliphatic hydroxyl groups excluding tert-OH is 10. The topological polar surface area (TPSA) is 310 Å². The highest BCUT2D eigenvalue weighted by atomic mass is 16.4. The first-order valence-corrected chi connectivity index (χ1v) is 18.7. The SMILES string of the molecule is NC(CCCCN(CC(O)C(O)C(O)C(O)CO)CC(O)C(O)C(O)C(O)CO)C(=O)NCCCc1ccc(-c2ccc(CCCCNC(=O)O)cc2)cc1. The van der Waals surface area contributed by atoms with Gasteiger partial charge in [-0.05, 0) is 73.7 Å². The summed E-state index contributed by atoms with van der Waals surface area (Å²) in [5.74, 6) is -0.322. The molecule has 0 heterocycles. The largest absolute Gasteiger partial charge is 0.465 e. The van der Waals surface area contributed by atoms with Crippen molar-refractivity contribution < 1.29 is 65.8 Å². The van der Waals surface area contributed by atoms with Gasteiger partial charge in [0.15, 0.2) is 0 Å². The van der Waals surface area contributed by atoms with Gasteiger partial charge < -0.3 is 72.5 Å². The molecule has 9 unspecified atom stereocenters. The van der Waals surface area contributed by atoms with Crippen LogP contribution in [0, 0.1) is 0 Å². The van der Waals surface area contributed by atoms with Crippen molar-refractivity contribution in [1.29, 1.82) is 0 Å². The molecule has 0 saturated carbocycles. The number of hydrogen-bond acceptors (Lipinski definition) is 14. The number of aryl methyl sites for hydroxylation is 2. The summed E-state index contributed by atoms with van der Waals surface area (Å²) in [7, 11) is 0. The van der Waals surface area contributed by atoms with Crippen molar-refractivity contribution in [3.8, 4) is 11.1 Å². The van der Waals surface area contributed by atoms with Crippen LogP contribution in [0.1, 0.15) is 49.7 Å². The molecule has 312 valence electrons. The molecule has 2 amide bonds. The number of carbonyl (C=O) groups excluding carboxylic acids is 1. The monoisotopic (exact) mass is 782 g/mol. The number of rotatable bonds is 28. The summed E-state index contributed by atoms with van der Waals surface area (Å²) in [5.41, 5.74) is 10.6. The summed E-state index contributed by atoms with van der Waals surface area (Å²) >= 11 is 0. The van der Waals surface area contributed by atoms with E-state index in [4.69, 9.17) is 21.1 Å². The van der Waals surface area contributed by atoms with Gasteiger partial charge in [-0.3, -0.25) is 9.69 Å². The molecule has 9 atom stereocenters. The molecule has 2 aromatic rings. The Morgan fingerprint density at radius 3 is 1.47 bits per heavy atom. The van der Waals surface area contributed by atoms with Crippen LogP contribution in [-0.4, -0.2) is 174 Å². The van der Waals surface area contributed by atoms with E-state index in [1.54, 1.807) is 0 Å². The Kier molecular flexibility index (Phi) is 22.4. The van der Waals surface area contributed by atoms with Crippen LogP contribution in [0.5, 0.6) is 0 Å². The fourth-order valence-electron chi connectivity index (χ4n) is 5.97. The predicted molar refractivity (Wildman–Crippen MR) is 203 cm³/mol. The Morgan fingerprint density at radius 1 is 0.582 bits per heavy atom. The van der Waals surface area contributed by atoms with Crippen molar-refractivity contribution >= 4 is 12.0 Å². The van der Waals surface area contributed by atoms with Gasteiger partial charge in [0.25, 0.3) is 0 Å². The lowest BCUT2D eigenvalue weighted by atomic mass is 9.99. The smallest absolute Gasteiger partial charge is 0.404 e. The second kappa shape index (κ2) is 25.8. The maximum atomic E-state index is 12.6. The van der Waals surface area contributed by atoms with Crippen LogP contribution in [0.3, 0.4) is 0 Å². The summed E-state index contributed by atoms with van der Waals surface area (Å²) in [6.45, 7) is -1.49. The number of nitrogens with zero attached hydrogens (tertiary/aromatic N) is 1. The number of benzene rings is 2. The van der Waals surface area contributed by atoms with E-state index in [1.807, 2.05) is 0 Å². The number of carboxylic acid groups (broad SMARTS) is 1. The van der Waals surface area contributed by atoms with Crippen molar-refractivity contribution in [1.82, 2.24) is 15.5 Å². The summed E-state index contributed by atoms with van der Waals surface area (Å²) in [5, 5.41) is 113. The number of hydrogen-bond donors (Lipinski definition) is 14. The van der Waals surface area contributed by atoms with E-state index in [9.17, 15) is 50.4 Å². The summed E-state index contributed by atoms with van der Waals surface area (Å²) in [6.07, 6.45) is -10.2. The number of amides is 2. The zero-order valence-electron chi connectivity index (χ0n) is 31.2. The molecule has 2 aromatic carbocycles. The zero-order valence-corrected chi connectivity index (χ0v) is 31.2. The lowest BCUT2D eigenvalue weighted by molar-refractivity contribution is -0.130. The van der Waals surface area contributed by atoms with E-state index < -0.39 is 74.2 Å². The van der Waals surface area contributed by atoms with Crippen molar-refractivity contribution in [3.05, 3.63) is 59.7 Å². The Hall–Kier alpha value is -3.30. The standard InChI is InChI=1S/C38H62N4O13/c39-28(8-2-4-19-42(20-29(45)33(49)35(51)31(47)22-43)21-30(46)34(50)36(52)32(48)23-44)37(53)40-18-5-7-25-11-15-27(16-12-25)26-13-9-24(10-14-26)6-1-3-17-41-38(54)55/h9-16,28-36,41,43-52H,1-8,17-23,39H2,(H,40,53)(H,54,55). The summed E-state index contributed by atoms with van der Waals surface area (Å²) in [4.78, 5) is 24.6. The minimum absolute atomic E-state index is 0.138. The molecule has 0 aromatic heterocycles. The Morgan fingerprint density at radius 2 is 1.02 bits per heavy atom. The fraction of sp³-hybridized carbons (Fsp3) is 0.632. The average molecular weight is 783 g/mol. The van der Waals surface area contributed by atoms with Gasteiger partial charge in [-0.15, -0.1) is 0 Å². The third-order valence-electron chi connectivity index (χ3n) is 9.47. The highest BCUT2D eigenvalue weighted by Gasteiger charge is 2.34. The molecule has 15 N–H and O–H groups in total. The van der Waals surface area contributed by atoms with Crippen LogP contribution in [0.2, 0.25) is 0 Å². The highest BCUT2D eigenvalue weighted by Crippen LogP contribution is 2.21. The maximum absolute atomic E-state index is 12.6. The van der Waals surface area contributed by atoms with Gasteiger partial charge in [0, 0.05) is 26.2 Å². The molecule has 0 fully saturated rings.